The lowest BCUT2D eigenvalue weighted by Crippen LogP contribution is -2.44. The van der Waals surface area contributed by atoms with Gasteiger partial charge in [-0.05, 0) is 43.7 Å². The molecule has 0 aromatic carbocycles. The Morgan fingerprint density at radius 2 is 2.10 bits per heavy atom. The smallest absolute Gasteiger partial charge is 0.349 e. The van der Waals surface area contributed by atoms with Crippen LogP contribution in [0.25, 0.3) is 0 Å². The van der Waals surface area contributed by atoms with Crippen molar-refractivity contribution < 1.29 is 14.0 Å². The molecule has 0 radical (unpaired) electrons. The van der Waals surface area contributed by atoms with Crippen molar-refractivity contribution in [2.45, 2.75) is 46.5 Å². The van der Waals surface area contributed by atoms with Crippen LogP contribution in [0.2, 0.25) is 0 Å². The number of hydrogen-bond donors (Lipinski definition) is 0. The molecule has 0 saturated carbocycles. The van der Waals surface area contributed by atoms with Gasteiger partial charge in [0.15, 0.2) is 5.82 Å². The topological polar surface area (TPSA) is 85.4 Å². The third-order valence-corrected chi connectivity index (χ3v) is 5.50. The normalized spacial score (nSPS) is 17.0. The van der Waals surface area contributed by atoms with E-state index in [0.717, 1.165) is 6.42 Å². The first kappa shape index (κ1) is 21.0. The quantitative estimate of drug-likeness (QED) is 0.697. The van der Waals surface area contributed by atoms with Crippen LogP contribution in [0.1, 0.15) is 65.4 Å². The Hall–Kier alpha value is -2.70. The summed E-state index contributed by atoms with van der Waals surface area (Å²) in [7, 11) is 1.78. The number of likely N-dealkylation sites (tertiary alicyclic amines) is 1. The highest BCUT2D eigenvalue weighted by Gasteiger charge is 2.32. The average Bonchev–Trinajstić information content (AvgIpc) is 3.11. The number of hydrogen-bond acceptors (Lipinski definition) is 5. The molecule has 3 heterocycles. The van der Waals surface area contributed by atoms with Gasteiger partial charge >= 0.3 is 5.63 Å². The summed E-state index contributed by atoms with van der Waals surface area (Å²) in [5.41, 5.74) is 0.109. The van der Waals surface area contributed by atoms with E-state index in [9.17, 15) is 14.4 Å². The molecule has 1 aliphatic heterocycles. The molecule has 1 unspecified atom stereocenters. The maximum absolute atomic E-state index is 13.1. The molecule has 1 aliphatic rings. The van der Waals surface area contributed by atoms with Crippen molar-refractivity contribution in [3.05, 3.63) is 51.6 Å². The van der Waals surface area contributed by atoms with E-state index in [1.807, 2.05) is 0 Å². The molecule has 1 atom stereocenters. The zero-order valence-electron chi connectivity index (χ0n) is 17.6. The molecule has 3 rings (SSSR count). The van der Waals surface area contributed by atoms with Crippen molar-refractivity contribution >= 4 is 11.7 Å². The lowest BCUT2D eigenvalue weighted by Gasteiger charge is -2.32. The van der Waals surface area contributed by atoms with Crippen LogP contribution in [0.15, 0.2) is 27.7 Å². The Morgan fingerprint density at radius 1 is 1.34 bits per heavy atom. The Labute approximate surface area is 170 Å². The highest BCUT2D eigenvalue weighted by atomic mass is 16.4. The number of imidazole rings is 1. The van der Waals surface area contributed by atoms with Crippen molar-refractivity contribution in [2.75, 3.05) is 13.1 Å². The monoisotopic (exact) mass is 399 g/mol. The molecule has 7 nitrogen and oxygen atoms in total. The van der Waals surface area contributed by atoms with Crippen LogP contribution in [0.3, 0.4) is 0 Å². The number of nitrogens with zero attached hydrogens (tertiary/aromatic N) is 3. The zero-order chi connectivity index (χ0) is 21.1. The van der Waals surface area contributed by atoms with E-state index in [1.165, 1.54) is 0 Å². The first-order valence-electron chi connectivity index (χ1n) is 10.2. The van der Waals surface area contributed by atoms with Gasteiger partial charge in [0, 0.05) is 44.9 Å². The molecule has 29 heavy (non-hydrogen) atoms. The number of piperidine rings is 1. The van der Waals surface area contributed by atoms with Gasteiger partial charge in [-0.25, -0.2) is 9.78 Å². The molecule has 1 saturated heterocycles. The maximum atomic E-state index is 13.1. The Morgan fingerprint density at radius 3 is 2.72 bits per heavy atom. The number of carbonyl (C=O) groups is 2. The number of ketones is 1. The predicted molar refractivity (Wildman–Crippen MR) is 109 cm³/mol. The summed E-state index contributed by atoms with van der Waals surface area (Å²) in [6, 6.07) is 1.79. The number of amides is 1. The highest BCUT2D eigenvalue weighted by molar-refractivity contribution is 5.97. The molecule has 156 valence electrons. The van der Waals surface area contributed by atoms with E-state index in [2.05, 4.69) is 18.8 Å². The van der Waals surface area contributed by atoms with Gasteiger partial charge in [-0.1, -0.05) is 13.8 Å². The molecule has 0 aliphatic carbocycles. The van der Waals surface area contributed by atoms with E-state index in [4.69, 9.17) is 4.42 Å². The molecule has 1 fully saturated rings. The molecule has 7 heteroatoms. The zero-order valence-corrected chi connectivity index (χ0v) is 17.6. The molecular formula is C22H29N3O4. The fraction of sp³-hybridized carbons (Fsp3) is 0.545. The average molecular weight is 399 g/mol. The predicted octanol–water partition coefficient (Wildman–Crippen LogP) is 3.01. The van der Waals surface area contributed by atoms with Crippen LogP contribution in [0, 0.1) is 18.8 Å². The van der Waals surface area contributed by atoms with Crippen molar-refractivity contribution in [3.63, 3.8) is 0 Å². The third-order valence-electron chi connectivity index (χ3n) is 5.50. The largest absolute Gasteiger partial charge is 0.427 e. The minimum atomic E-state index is -0.591. The molecule has 0 bridgehead atoms. The van der Waals surface area contributed by atoms with Crippen LogP contribution in [-0.2, 0) is 13.5 Å². The van der Waals surface area contributed by atoms with Gasteiger partial charge in [-0.15, -0.1) is 0 Å². The number of Topliss-reactive ketones (excluding diaryl/α,β-unsaturated/α-hetero) is 1. The van der Waals surface area contributed by atoms with Crippen LogP contribution in [0.4, 0.5) is 0 Å². The minimum Gasteiger partial charge on any atom is -0.427 e. The Balaban J connectivity index is 1.77. The van der Waals surface area contributed by atoms with Gasteiger partial charge < -0.3 is 13.9 Å². The van der Waals surface area contributed by atoms with Crippen molar-refractivity contribution in [1.82, 2.24) is 14.5 Å². The van der Waals surface area contributed by atoms with Gasteiger partial charge in [0.25, 0.3) is 5.91 Å². The minimum absolute atomic E-state index is 0.0669. The highest BCUT2D eigenvalue weighted by Crippen LogP contribution is 2.22. The van der Waals surface area contributed by atoms with Crippen molar-refractivity contribution in [3.8, 4) is 0 Å². The van der Waals surface area contributed by atoms with Crippen LogP contribution in [0.5, 0.6) is 0 Å². The lowest BCUT2D eigenvalue weighted by atomic mass is 9.92. The first-order chi connectivity index (χ1) is 13.8. The van der Waals surface area contributed by atoms with Crippen molar-refractivity contribution in [1.29, 1.82) is 0 Å². The molecule has 0 spiro atoms. The summed E-state index contributed by atoms with van der Waals surface area (Å²) in [6.45, 7) is 6.81. The Bertz CT molecular complexity index is 957. The molecule has 2 aromatic heterocycles. The van der Waals surface area contributed by atoms with Gasteiger partial charge in [-0.2, -0.15) is 0 Å². The summed E-state index contributed by atoms with van der Waals surface area (Å²) in [5.74, 6) is 0.774. The van der Waals surface area contributed by atoms with E-state index in [-0.39, 0.29) is 23.2 Å². The summed E-state index contributed by atoms with van der Waals surface area (Å²) >= 11 is 0. The summed E-state index contributed by atoms with van der Waals surface area (Å²) in [4.78, 5) is 44.1. The third kappa shape index (κ3) is 4.66. The summed E-state index contributed by atoms with van der Waals surface area (Å²) < 4.78 is 7.11. The molecular weight excluding hydrogens is 370 g/mol. The second-order valence-corrected chi connectivity index (χ2v) is 8.31. The van der Waals surface area contributed by atoms with E-state index >= 15 is 0 Å². The van der Waals surface area contributed by atoms with Crippen LogP contribution < -0.4 is 5.63 Å². The number of aryl methyl sites for hydroxylation is 3. The maximum Gasteiger partial charge on any atom is 0.349 e. The second kappa shape index (κ2) is 8.76. The van der Waals surface area contributed by atoms with Gasteiger partial charge in [0.1, 0.15) is 11.3 Å². The van der Waals surface area contributed by atoms with E-state index < -0.39 is 5.63 Å². The molecule has 0 N–H and O–H groups in total. The fourth-order valence-corrected chi connectivity index (χ4v) is 3.80. The van der Waals surface area contributed by atoms with Gasteiger partial charge in [-0.3, -0.25) is 9.59 Å². The number of carbonyl (C=O) groups excluding carboxylic acids is 2. The number of rotatable bonds is 6. The second-order valence-electron chi connectivity index (χ2n) is 8.31. The number of aromatic nitrogens is 2. The Kier molecular flexibility index (Phi) is 6.35. The summed E-state index contributed by atoms with van der Waals surface area (Å²) in [5, 5.41) is 0. The van der Waals surface area contributed by atoms with Gasteiger partial charge in [0.05, 0.1) is 0 Å². The van der Waals surface area contributed by atoms with Crippen molar-refractivity contribution in [2.24, 2.45) is 18.9 Å². The van der Waals surface area contributed by atoms with Gasteiger partial charge in [0.2, 0.25) is 5.78 Å². The standard InChI is InChI=1S/C22H29N3O4/c1-14(2)7-8-17-12-15(3)18(22(28)29-17)21(27)25-10-5-6-16(13-25)19(26)20-23-9-11-24(20)4/h9,11-12,14,16H,5-8,10,13H2,1-4H3. The molecule has 2 aromatic rings. The fourth-order valence-electron chi connectivity index (χ4n) is 3.80. The van der Waals surface area contributed by atoms with Crippen LogP contribution in [-0.4, -0.2) is 39.2 Å². The van der Waals surface area contributed by atoms with E-state index in [0.29, 0.717) is 55.4 Å². The molecule has 1 amide bonds. The summed E-state index contributed by atoms with van der Waals surface area (Å²) in [6.07, 6.45) is 6.33. The lowest BCUT2D eigenvalue weighted by molar-refractivity contribution is 0.0628. The van der Waals surface area contributed by atoms with E-state index in [1.54, 1.807) is 41.9 Å². The first-order valence-corrected chi connectivity index (χ1v) is 10.2. The SMILES string of the molecule is Cc1cc(CCC(C)C)oc(=O)c1C(=O)N1CCCC(C(=O)c2nccn2C)C1. The van der Waals surface area contributed by atoms with Crippen LogP contribution >= 0.6 is 0 Å².